The van der Waals surface area contributed by atoms with E-state index in [0.29, 0.717) is 24.3 Å². The minimum Gasteiger partial charge on any atom is -0.508 e. The van der Waals surface area contributed by atoms with E-state index in [0.717, 1.165) is 25.8 Å². The van der Waals surface area contributed by atoms with Crippen LogP contribution < -0.4 is 5.32 Å². The second-order valence-electron chi connectivity index (χ2n) is 5.78. The van der Waals surface area contributed by atoms with Crippen LogP contribution in [0.2, 0.25) is 0 Å². The van der Waals surface area contributed by atoms with Crippen LogP contribution in [0.15, 0.2) is 24.3 Å². The van der Waals surface area contributed by atoms with E-state index in [1.165, 1.54) is 5.56 Å². The van der Waals surface area contributed by atoms with Gasteiger partial charge in [-0.25, -0.2) is 0 Å². The predicted molar refractivity (Wildman–Crippen MR) is 79.7 cm³/mol. The number of nitrogens with one attached hydrogen (secondary N) is 1. The Morgan fingerprint density at radius 1 is 1.40 bits per heavy atom. The Bertz CT molecular complexity index is 444. The van der Waals surface area contributed by atoms with Gasteiger partial charge in [-0.3, -0.25) is 4.79 Å². The average Bonchev–Trinajstić information content (AvgIpc) is 2.42. The summed E-state index contributed by atoms with van der Waals surface area (Å²) in [6.45, 7) is 3.00. The molecule has 1 aliphatic heterocycles. The zero-order valence-corrected chi connectivity index (χ0v) is 12.3. The lowest BCUT2D eigenvalue weighted by molar-refractivity contribution is -0.132. The summed E-state index contributed by atoms with van der Waals surface area (Å²) in [5.74, 6) is 0.564. The number of likely N-dealkylation sites (N-methyl/N-ethyl adjacent to an activating group) is 1. The SMILES string of the molecule is CC(CCc1ccc(O)cc1)NC1CCC(=O)N(C)C1. The molecule has 0 radical (unpaired) electrons. The Hall–Kier alpha value is -1.55. The fourth-order valence-corrected chi connectivity index (χ4v) is 2.68. The predicted octanol–water partition coefficient (Wildman–Crippen LogP) is 1.92. The number of benzene rings is 1. The van der Waals surface area contributed by atoms with Crippen LogP contribution in [0.25, 0.3) is 0 Å². The van der Waals surface area contributed by atoms with Crippen molar-refractivity contribution in [2.45, 2.75) is 44.7 Å². The summed E-state index contributed by atoms with van der Waals surface area (Å²) in [6, 6.07) is 8.23. The smallest absolute Gasteiger partial charge is 0.222 e. The van der Waals surface area contributed by atoms with Crippen LogP contribution in [0, 0.1) is 0 Å². The molecule has 4 heteroatoms. The standard InChI is InChI=1S/C16H24N2O2/c1-12(3-4-13-5-8-15(19)9-6-13)17-14-7-10-16(20)18(2)11-14/h5-6,8-9,12,14,17,19H,3-4,7,10-11H2,1-2H3. The molecule has 1 amide bonds. The number of nitrogens with zero attached hydrogens (tertiary/aromatic N) is 1. The van der Waals surface area contributed by atoms with Crippen LogP contribution in [0.4, 0.5) is 0 Å². The van der Waals surface area contributed by atoms with Gasteiger partial charge in [0.15, 0.2) is 0 Å². The summed E-state index contributed by atoms with van der Waals surface area (Å²) in [4.78, 5) is 13.3. The third-order valence-corrected chi connectivity index (χ3v) is 3.95. The van der Waals surface area contributed by atoms with Crippen molar-refractivity contribution in [2.24, 2.45) is 0 Å². The zero-order valence-electron chi connectivity index (χ0n) is 12.3. The third kappa shape index (κ3) is 4.23. The maximum Gasteiger partial charge on any atom is 0.222 e. The number of aromatic hydroxyl groups is 1. The van der Waals surface area contributed by atoms with E-state index in [2.05, 4.69) is 12.2 Å². The van der Waals surface area contributed by atoms with Crippen molar-refractivity contribution in [1.29, 1.82) is 0 Å². The Labute approximate surface area is 120 Å². The van der Waals surface area contributed by atoms with Crippen molar-refractivity contribution in [3.8, 4) is 5.75 Å². The third-order valence-electron chi connectivity index (χ3n) is 3.95. The van der Waals surface area contributed by atoms with Gasteiger partial charge in [0.1, 0.15) is 5.75 Å². The highest BCUT2D eigenvalue weighted by atomic mass is 16.3. The molecule has 2 atom stereocenters. The van der Waals surface area contributed by atoms with Gasteiger partial charge in [0.05, 0.1) is 0 Å². The Morgan fingerprint density at radius 2 is 2.10 bits per heavy atom. The first-order chi connectivity index (χ1) is 9.54. The van der Waals surface area contributed by atoms with E-state index in [9.17, 15) is 9.90 Å². The normalized spacial score (nSPS) is 21.0. The highest BCUT2D eigenvalue weighted by Gasteiger charge is 2.23. The largest absolute Gasteiger partial charge is 0.508 e. The number of likely N-dealkylation sites (tertiary alicyclic amines) is 1. The molecular formula is C16H24N2O2. The van der Waals surface area contributed by atoms with Gasteiger partial charge >= 0.3 is 0 Å². The minimum atomic E-state index is 0.250. The number of rotatable bonds is 5. The second-order valence-corrected chi connectivity index (χ2v) is 5.78. The summed E-state index contributed by atoms with van der Waals surface area (Å²) in [7, 11) is 1.87. The summed E-state index contributed by atoms with van der Waals surface area (Å²) in [5.41, 5.74) is 1.24. The van der Waals surface area contributed by atoms with Crippen LogP contribution in [-0.2, 0) is 11.2 Å². The maximum absolute atomic E-state index is 11.4. The van der Waals surface area contributed by atoms with Gasteiger partial charge in [-0.2, -0.15) is 0 Å². The molecule has 0 aromatic heterocycles. The lowest BCUT2D eigenvalue weighted by Crippen LogP contribution is -2.49. The van der Waals surface area contributed by atoms with Crippen molar-refractivity contribution in [1.82, 2.24) is 10.2 Å². The number of hydrogen-bond acceptors (Lipinski definition) is 3. The number of hydrogen-bond donors (Lipinski definition) is 2. The minimum absolute atomic E-state index is 0.250. The summed E-state index contributed by atoms with van der Waals surface area (Å²) in [5, 5.41) is 12.9. The van der Waals surface area contributed by atoms with E-state index in [1.54, 1.807) is 12.1 Å². The van der Waals surface area contributed by atoms with Crippen molar-refractivity contribution < 1.29 is 9.90 Å². The topological polar surface area (TPSA) is 52.6 Å². The number of carbonyl (C=O) groups is 1. The Balaban J connectivity index is 1.74. The van der Waals surface area contributed by atoms with Crippen LogP contribution >= 0.6 is 0 Å². The van der Waals surface area contributed by atoms with Crippen LogP contribution in [0.5, 0.6) is 5.75 Å². The molecule has 2 N–H and O–H groups in total. The average molecular weight is 276 g/mol. The highest BCUT2D eigenvalue weighted by Crippen LogP contribution is 2.14. The van der Waals surface area contributed by atoms with E-state index in [1.807, 2.05) is 24.1 Å². The molecule has 0 bridgehead atoms. The Morgan fingerprint density at radius 3 is 2.75 bits per heavy atom. The molecule has 0 aliphatic carbocycles. The molecule has 1 fully saturated rings. The second kappa shape index (κ2) is 6.75. The maximum atomic E-state index is 11.4. The molecule has 20 heavy (non-hydrogen) atoms. The Kier molecular flexibility index (Phi) is 5.01. The molecule has 0 spiro atoms. The molecule has 1 saturated heterocycles. The summed E-state index contributed by atoms with van der Waals surface area (Å²) < 4.78 is 0. The van der Waals surface area contributed by atoms with Gasteiger partial charge in [0, 0.05) is 32.1 Å². The molecule has 1 aromatic rings. The fourth-order valence-electron chi connectivity index (χ4n) is 2.68. The first kappa shape index (κ1) is 14.9. The summed E-state index contributed by atoms with van der Waals surface area (Å²) in [6.07, 6.45) is 3.64. The van der Waals surface area contributed by atoms with Gasteiger partial charge in [0.25, 0.3) is 0 Å². The van der Waals surface area contributed by atoms with E-state index in [-0.39, 0.29) is 5.91 Å². The molecule has 4 nitrogen and oxygen atoms in total. The van der Waals surface area contributed by atoms with Crippen molar-refractivity contribution >= 4 is 5.91 Å². The summed E-state index contributed by atoms with van der Waals surface area (Å²) >= 11 is 0. The number of aryl methyl sites for hydroxylation is 1. The fraction of sp³-hybridized carbons (Fsp3) is 0.562. The molecule has 1 aromatic carbocycles. The van der Waals surface area contributed by atoms with Crippen LogP contribution in [-0.4, -0.2) is 41.6 Å². The van der Waals surface area contributed by atoms with Gasteiger partial charge < -0.3 is 15.3 Å². The first-order valence-corrected chi connectivity index (χ1v) is 7.32. The van der Waals surface area contributed by atoms with Crippen LogP contribution in [0.3, 0.4) is 0 Å². The molecule has 1 aliphatic rings. The van der Waals surface area contributed by atoms with Gasteiger partial charge in [-0.05, 0) is 43.9 Å². The number of phenols is 1. The molecule has 1 heterocycles. The van der Waals surface area contributed by atoms with E-state index in [4.69, 9.17) is 0 Å². The number of amides is 1. The van der Waals surface area contributed by atoms with E-state index < -0.39 is 0 Å². The van der Waals surface area contributed by atoms with Crippen molar-refractivity contribution in [3.63, 3.8) is 0 Å². The van der Waals surface area contributed by atoms with E-state index >= 15 is 0 Å². The number of piperidine rings is 1. The lowest BCUT2D eigenvalue weighted by atomic mass is 10.0. The molecule has 110 valence electrons. The lowest BCUT2D eigenvalue weighted by Gasteiger charge is -2.32. The first-order valence-electron chi connectivity index (χ1n) is 7.32. The zero-order chi connectivity index (χ0) is 14.5. The molecule has 0 saturated carbocycles. The van der Waals surface area contributed by atoms with Gasteiger partial charge in [-0.1, -0.05) is 12.1 Å². The van der Waals surface area contributed by atoms with Gasteiger partial charge in [-0.15, -0.1) is 0 Å². The number of carbonyl (C=O) groups excluding carboxylic acids is 1. The number of phenolic OH excluding ortho intramolecular Hbond substituents is 1. The van der Waals surface area contributed by atoms with Crippen molar-refractivity contribution in [3.05, 3.63) is 29.8 Å². The molecule has 2 rings (SSSR count). The quantitative estimate of drug-likeness (QED) is 0.864. The highest BCUT2D eigenvalue weighted by molar-refractivity contribution is 5.76. The monoisotopic (exact) mass is 276 g/mol. The van der Waals surface area contributed by atoms with Gasteiger partial charge in [0.2, 0.25) is 5.91 Å². The molecule has 2 unspecified atom stereocenters. The molecular weight excluding hydrogens is 252 g/mol. The van der Waals surface area contributed by atoms with Crippen molar-refractivity contribution in [2.75, 3.05) is 13.6 Å². The van der Waals surface area contributed by atoms with Crippen LogP contribution in [0.1, 0.15) is 31.7 Å².